The van der Waals surface area contributed by atoms with Gasteiger partial charge in [0.05, 0.1) is 7.11 Å². The van der Waals surface area contributed by atoms with Crippen LogP contribution in [0.4, 0.5) is 0 Å². The summed E-state index contributed by atoms with van der Waals surface area (Å²) < 4.78 is 21.6. The third-order valence-electron chi connectivity index (χ3n) is 5.28. The lowest BCUT2D eigenvalue weighted by molar-refractivity contribution is 0.0446. The molecule has 2 aliphatic rings. The monoisotopic (exact) mass is 436 g/mol. The van der Waals surface area contributed by atoms with Gasteiger partial charge >= 0.3 is 0 Å². The molecule has 1 N–H and O–H groups in total. The minimum Gasteiger partial charge on any atom is -0.497 e. The zero-order valence-electron chi connectivity index (χ0n) is 17.2. The number of nitrogens with zero attached hydrogens (tertiary/aromatic N) is 2. The highest BCUT2D eigenvalue weighted by atomic mass is 35.5. The quantitative estimate of drug-likeness (QED) is 0.681. The van der Waals surface area contributed by atoms with Gasteiger partial charge < -0.3 is 24.1 Å². The van der Waals surface area contributed by atoms with E-state index < -0.39 is 6.10 Å². The Morgan fingerprint density at radius 2 is 1.60 bits per heavy atom. The number of aliphatic hydroxyl groups excluding tert-OH is 1. The smallest absolute Gasteiger partial charge is 0.231 e. The first-order chi connectivity index (χ1) is 14.2. The van der Waals surface area contributed by atoms with E-state index in [0.717, 1.165) is 55.7 Å². The molecule has 0 aliphatic carbocycles. The summed E-state index contributed by atoms with van der Waals surface area (Å²) in [5, 5.41) is 10.3. The molecule has 0 aromatic heterocycles. The standard InChI is InChI=1S/C22H28N2O5.ClH/c1-26-19-3-5-20(6-4-19)27-15-18(25)14-24-10-8-23(9-11-24)13-17-2-7-21-22(12-17)29-16-28-21;/h2-7,12,18,25H,8-11,13-16H2,1H3;1H. The van der Waals surface area contributed by atoms with Gasteiger partial charge in [0.25, 0.3) is 0 Å². The number of methoxy groups -OCH3 is 1. The van der Waals surface area contributed by atoms with Crippen molar-refractivity contribution in [2.24, 2.45) is 0 Å². The molecule has 0 radical (unpaired) electrons. The van der Waals surface area contributed by atoms with Crippen molar-refractivity contribution in [3.8, 4) is 23.0 Å². The Morgan fingerprint density at radius 1 is 0.933 bits per heavy atom. The lowest BCUT2D eigenvalue weighted by atomic mass is 10.1. The van der Waals surface area contributed by atoms with E-state index in [1.54, 1.807) is 7.11 Å². The summed E-state index contributed by atoms with van der Waals surface area (Å²) in [5.41, 5.74) is 1.23. The molecular formula is C22H29ClN2O5. The summed E-state index contributed by atoms with van der Waals surface area (Å²) in [4.78, 5) is 4.71. The van der Waals surface area contributed by atoms with Gasteiger partial charge in [0.1, 0.15) is 24.2 Å². The van der Waals surface area contributed by atoms with Crippen LogP contribution in [0.3, 0.4) is 0 Å². The molecule has 2 heterocycles. The largest absolute Gasteiger partial charge is 0.497 e. The number of piperazine rings is 1. The maximum absolute atomic E-state index is 10.3. The molecule has 30 heavy (non-hydrogen) atoms. The number of ether oxygens (including phenoxy) is 4. The molecule has 2 aromatic carbocycles. The molecular weight excluding hydrogens is 408 g/mol. The normalized spacial score (nSPS) is 17.3. The van der Waals surface area contributed by atoms with Gasteiger partial charge in [-0.05, 0) is 42.0 Å². The van der Waals surface area contributed by atoms with Crippen molar-refractivity contribution in [2.45, 2.75) is 12.6 Å². The van der Waals surface area contributed by atoms with Gasteiger partial charge in [-0.3, -0.25) is 9.80 Å². The Kier molecular flexibility index (Phi) is 8.04. The third-order valence-corrected chi connectivity index (χ3v) is 5.28. The Labute approximate surface area is 183 Å². The highest BCUT2D eigenvalue weighted by molar-refractivity contribution is 5.85. The SMILES string of the molecule is COc1ccc(OCC(O)CN2CCN(Cc3ccc4c(c3)OCO4)CC2)cc1.Cl. The second kappa shape index (κ2) is 10.7. The highest BCUT2D eigenvalue weighted by Gasteiger charge is 2.21. The average Bonchev–Trinajstić information content (AvgIpc) is 3.22. The van der Waals surface area contributed by atoms with Crippen LogP contribution in [0.5, 0.6) is 23.0 Å². The molecule has 0 bridgehead atoms. The summed E-state index contributed by atoms with van der Waals surface area (Å²) in [5.74, 6) is 3.18. The number of rotatable bonds is 8. The zero-order chi connectivity index (χ0) is 20.1. The predicted octanol–water partition coefficient (Wildman–Crippen LogP) is 2.40. The van der Waals surface area contributed by atoms with Gasteiger partial charge in [0, 0.05) is 39.3 Å². The average molecular weight is 437 g/mol. The van der Waals surface area contributed by atoms with Crippen LogP contribution < -0.4 is 18.9 Å². The third kappa shape index (κ3) is 5.92. The Hall–Kier alpha value is -2.19. The van der Waals surface area contributed by atoms with Gasteiger partial charge in [0.2, 0.25) is 6.79 Å². The number of aliphatic hydroxyl groups is 1. The van der Waals surface area contributed by atoms with Crippen molar-refractivity contribution in [3.63, 3.8) is 0 Å². The van der Waals surface area contributed by atoms with E-state index in [1.165, 1.54) is 5.56 Å². The fraction of sp³-hybridized carbons (Fsp3) is 0.455. The van der Waals surface area contributed by atoms with Crippen LogP contribution in [0, 0.1) is 0 Å². The summed E-state index contributed by atoms with van der Waals surface area (Å²) in [6.07, 6.45) is -0.516. The number of benzene rings is 2. The molecule has 7 nitrogen and oxygen atoms in total. The van der Waals surface area contributed by atoms with Crippen molar-refractivity contribution in [1.82, 2.24) is 9.80 Å². The maximum Gasteiger partial charge on any atom is 0.231 e. The molecule has 0 saturated carbocycles. The topological polar surface area (TPSA) is 63.6 Å². The van der Waals surface area contributed by atoms with E-state index in [9.17, 15) is 5.11 Å². The van der Waals surface area contributed by atoms with Crippen molar-refractivity contribution >= 4 is 12.4 Å². The Balaban J connectivity index is 0.00000256. The molecule has 1 fully saturated rings. The van der Waals surface area contributed by atoms with Crippen LogP contribution in [0.25, 0.3) is 0 Å². The second-order valence-electron chi connectivity index (χ2n) is 7.40. The van der Waals surface area contributed by atoms with Crippen LogP contribution >= 0.6 is 12.4 Å². The Morgan fingerprint density at radius 3 is 2.33 bits per heavy atom. The van der Waals surface area contributed by atoms with Crippen LogP contribution in [0.2, 0.25) is 0 Å². The first-order valence-corrected chi connectivity index (χ1v) is 9.98. The molecule has 2 aromatic rings. The van der Waals surface area contributed by atoms with E-state index in [0.29, 0.717) is 13.3 Å². The molecule has 164 valence electrons. The Bertz CT molecular complexity index is 797. The highest BCUT2D eigenvalue weighted by Crippen LogP contribution is 2.32. The summed E-state index contributed by atoms with van der Waals surface area (Å²) >= 11 is 0. The van der Waals surface area contributed by atoms with Gasteiger partial charge in [-0.15, -0.1) is 12.4 Å². The van der Waals surface area contributed by atoms with E-state index in [1.807, 2.05) is 30.3 Å². The van der Waals surface area contributed by atoms with Crippen molar-refractivity contribution in [3.05, 3.63) is 48.0 Å². The van der Waals surface area contributed by atoms with Gasteiger partial charge in [-0.25, -0.2) is 0 Å². The van der Waals surface area contributed by atoms with Gasteiger partial charge in [0.15, 0.2) is 11.5 Å². The van der Waals surface area contributed by atoms with Crippen molar-refractivity contribution in [1.29, 1.82) is 0 Å². The molecule has 0 amide bonds. The molecule has 1 saturated heterocycles. The van der Waals surface area contributed by atoms with Crippen LogP contribution in [-0.2, 0) is 6.54 Å². The first-order valence-electron chi connectivity index (χ1n) is 9.98. The van der Waals surface area contributed by atoms with Crippen LogP contribution in [0.15, 0.2) is 42.5 Å². The number of fused-ring (bicyclic) bond motifs is 1. The van der Waals surface area contributed by atoms with Gasteiger partial charge in [-0.2, -0.15) is 0 Å². The zero-order valence-corrected chi connectivity index (χ0v) is 18.0. The lowest BCUT2D eigenvalue weighted by Crippen LogP contribution is -2.48. The van der Waals surface area contributed by atoms with Gasteiger partial charge in [-0.1, -0.05) is 6.07 Å². The minimum atomic E-state index is -0.516. The lowest BCUT2D eigenvalue weighted by Gasteiger charge is -2.35. The number of hydrogen-bond acceptors (Lipinski definition) is 7. The van der Waals surface area contributed by atoms with Crippen molar-refractivity contribution < 1.29 is 24.1 Å². The van der Waals surface area contributed by atoms with E-state index in [-0.39, 0.29) is 19.0 Å². The summed E-state index contributed by atoms with van der Waals surface area (Å²) in [6, 6.07) is 13.5. The molecule has 1 atom stereocenters. The maximum atomic E-state index is 10.3. The van der Waals surface area contributed by atoms with E-state index in [4.69, 9.17) is 18.9 Å². The second-order valence-corrected chi connectivity index (χ2v) is 7.40. The molecule has 0 spiro atoms. The molecule has 4 rings (SSSR count). The van der Waals surface area contributed by atoms with Crippen LogP contribution in [-0.4, -0.2) is 74.2 Å². The number of hydrogen-bond donors (Lipinski definition) is 1. The van der Waals surface area contributed by atoms with Crippen LogP contribution in [0.1, 0.15) is 5.56 Å². The molecule has 8 heteroatoms. The fourth-order valence-electron chi connectivity index (χ4n) is 3.64. The van der Waals surface area contributed by atoms with Crippen molar-refractivity contribution in [2.75, 3.05) is 53.2 Å². The molecule has 2 aliphatic heterocycles. The predicted molar refractivity (Wildman–Crippen MR) is 116 cm³/mol. The van der Waals surface area contributed by atoms with E-state index in [2.05, 4.69) is 21.9 Å². The fourth-order valence-corrected chi connectivity index (χ4v) is 3.64. The summed E-state index contributed by atoms with van der Waals surface area (Å²) in [6.45, 7) is 5.92. The number of β-amino-alcohol motifs (C(OH)–C–C–N with tert-alkyl or cyclic N) is 1. The number of halogens is 1. The molecule has 1 unspecified atom stereocenters. The van der Waals surface area contributed by atoms with E-state index >= 15 is 0 Å². The first kappa shape index (κ1) is 22.5. The summed E-state index contributed by atoms with van der Waals surface area (Å²) in [7, 11) is 1.63. The minimum absolute atomic E-state index is 0.